The highest BCUT2D eigenvalue weighted by Gasteiger charge is 2.67. The minimum absolute atomic E-state index is 0.293. The van der Waals surface area contributed by atoms with Crippen LogP contribution in [0.5, 0.6) is 0 Å². The van der Waals surface area contributed by atoms with E-state index in [1.807, 2.05) is 18.0 Å². The van der Waals surface area contributed by atoms with Gasteiger partial charge in [0.2, 0.25) is 5.91 Å². The van der Waals surface area contributed by atoms with Gasteiger partial charge >= 0.3 is 0 Å². The maximum Gasteiger partial charge on any atom is 0.231 e. The molecule has 9 heteroatoms. The van der Waals surface area contributed by atoms with Crippen LogP contribution in [0, 0.1) is 17.2 Å². The summed E-state index contributed by atoms with van der Waals surface area (Å²) in [5, 5.41) is 13.7. The van der Waals surface area contributed by atoms with Gasteiger partial charge < -0.3 is 5.32 Å². The summed E-state index contributed by atoms with van der Waals surface area (Å²) >= 11 is 31.3. The third-order valence-electron chi connectivity index (χ3n) is 6.02. The quantitative estimate of drug-likeness (QED) is 0.436. The molecule has 4 nitrogen and oxygen atoms in total. The zero-order valence-corrected chi connectivity index (χ0v) is 20.2. The Morgan fingerprint density at radius 2 is 1.81 bits per heavy atom. The first-order valence-corrected chi connectivity index (χ1v) is 11.5. The van der Waals surface area contributed by atoms with Gasteiger partial charge in [0.15, 0.2) is 0 Å². The molecule has 0 aromatic heterocycles. The van der Waals surface area contributed by atoms with E-state index in [9.17, 15) is 10.1 Å². The number of hydrogen-bond donors (Lipinski definition) is 1. The molecule has 2 aliphatic carbocycles. The lowest BCUT2D eigenvalue weighted by atomic mass is 10.1. The molecule has 0 bridgehead atoms. The molecule has 2 atom stereocenters. The van der Waals surface area contributed by atoms with Crippen LogP contribution < -0.4 is 5.32 Å². The van der Waals surface area contributed by atoms with Gasteiger partial charge in [0.25, 0.3) is 0 Å². The van der Waals surface area contributed by atoms with E-state index in [-0.39, 0.29) is 5.91 Å². The van der Waals surface area contributed by atoms with Gasteiger partial charge in [0.05, 0.1) is 22.0 Å². The smallest absolute Gasteiger partial charge is 0.231 e. The molecule has 0 spiro atoms. The highest BCUT2D eigenvalue weighted by molar-refractivity contribution is 6.53. The SMILES string of the molecule is CN(Cc1cc(NC(=O)C2C(c3ccc(Cl)c(Cl)c3)C2(Cl)Cl)ccc1Cl)C1(C#N)CC1. The molecular formula is C22H18Cl5N3O. The van der Waals surface area contributed by atoms with Gasteiger partial charge in [-0.25, -0.2) is 0 Å². The zero-order chi connectivity index (χ0) is 22.6. The van der Waals surface area contributed by atoms with Crippen molar-refractivity contribution in [3.8, 4) is 6.07 Å². The minimum Gasteiger partial charge on any atom is -0.326 e. The second-order valence-electron chi connectivity index (χ2n) is 8.10. The van der Waals surface area contributed by atoms with Crippen molar-refractivity contribution in [2.24, 2.45) is 5.92 Å². The fraction of sp³-hybridized carbons (Fsp3) is 0.364. The van der Waals surface area contributed by atoms with Crippen molar-refractivity contribution in [3.05, 3.63) is 62.6 Å². The second-order valence-corrected chi connectivity index (χ2v) is 10.8. The Morgan fingerprint density at radius 1 is 1.13 bits per heavy atom. The molecule has 0 heterocycles. The van der Waals surface area contributed by atoms with E-state index in [0.29, 0.717) is 27.3 Å². The van der Waals surface area contributed by atoms with Crippen LogP contribution in [0.1, 0.15) is 29.9 Å². The van der Waals surface area contributed by atoms with Crippen LogP contribution in [0.15, 0.2) is 36.4 Å². The van der Waals surface area contributed by atoms with E-state index < -0.39 is 21.7 Å². The summed E-state index contributed by atoms with van der Waals surface area (Å²) in [5.41, 5.74) is 1.75. The van der Waals surface area contributed by atoms with Gasteiger partial charge in [-0.1, -0.05) is 40.9 Å². The van der Waals surface area contributed by atoms with Crippen LogP contribution in [0.25, 0.3) is 0 Å². The zero-order valence-electron chi connectivity index (χ0n) is 16.4. The average molecular weight is 518 g/mol. The predicted molar refractivity (Wildman–Crippen MR) is 126 cm³/mol. The lowest BCUT2D eigenvalue weighted by Gasteiger charge is -2.22. The van der Waals surface area contributed by atoms with E-state index in [2.05, 4.69) is 11.4 Å². The van der Waals surface area contributed by atoms with Crippen molar-refractivity contribution in [2.45, 2.75) is 35.2 Å². The van der Waals surface area contributed by atoms with E-state index >= 15 is 0 Å². The number of halogens is 5. The van der Waals surface area contributed by atoms with E-state index in [1.165, 1.54) is 0 Å². The highest BCUT2D eigenvalue weighted by Crippen LogP contribution is 2.65. The maximum atomic E-state index is 12.9. The molecule has 2 fully saturated rings. The Balaban J connectivity index is 1.48. The number of anilines is 1. The summed E-state index contributed by atoms with van der Waals surface area (Å²) < 4.78 is -1.23. The summed E-state index contributed by atoms with van der Waals surface area (Å²) in [5.74, 6) is -1.32. The molecule has 1 N–H and O–H groups in total. The molecule has 0 aliphatic heterocycles. The van der Waals surface area contributed by atoms with Gasteiger partial charge in [-0.05, 0) is 61.3 Å². The molecule has 0 saturated heterocycles. The number of carbonyl (C=O) groups excluding carboxylic acids is 1. The van der Waals surface area contributed by atoms with Gasteiger partial charge in [-0.2, -0.15) is 5.26 Å². The summed E-state index contributed by atoms with van der Waals surface area (Å²) in [4.78, 5) is 14.9. The van der Waals surface area contributed by atoms with Gasteiger partial charge in [0.1, 0.15) is 9.87 Å². The Bertz CT molecular complexity index is 1090. The standard InChI is InChI=1S/C22H18Cl5N3O/c1-30(21(11-28)6-7-21)10-13-8-14(3-5-15(13)23)29-20(31)19-18(22(19,26)27)12-2-4-16(24)17(25)9-12/h2-5,8-9,18-19H,6-7,10H2,1H3,(H,29,31). The molecule has 2 unspecified atom stereocenters. The monoisotopic (exact) mass is 515 g/mol. The summed E-state index contributed by atoms with van der Waals surface area (Å²) in [6.07, 6.45) is 1.69. The Kier molecular flexibility index (Phi) is 6.15. The van der Waals surface area contributed by atoms with Gasteiger partial charge in [-0.3, -0.25) is 9.69 Å². The molecule has 31 heavy (non-hydrogen) atoms. The number of nitrogens with zero attached hydrogens (tertiary/aromatic N) is 2. The van der Waals surface area contributed by atoms with E-state index in [4.69, 9.17) is 58.0 Å². The number of nitriles is 1. The van der Waals surface area contributed by atoms with Crippen LogP contribution in [0.3, 0.4) is 0 Å². The van der Waals surface area contributed by atoms with Gasteiger partial charge in [0, 0.05) is 23.2 Å². The van der Waals surface area contributed by atoms with Crippen LogP contribution in [-0.4, -0.2) is 27.7 Å². The fourth-order valence-electron chi connectivity index (χ4n) is 3.87. The summed E-state index contributed by atoms with van der Waals surface area (Å²) in [6, 6.07) is 12.7. The van der Waals surface area contributed by atoms with Crippen molar-refractivity contribution in [3.63, 3.8) is 0 Å². The lowest BCUT2D eigenvalue weighted by Crippen LogP contribution is -2.31. The molecule has 0 radical (unpaired) electrons. The third kappa shape index (κ3) is 4.37. The van der Waals surface area contributed by atoms with Gasteiger partial charge in [-0.15, -0.1) is 23.2 Å². The molecular weight excluding hydrogens is 500 g/mol. The van der Waals surface area contributed by atoms with E-state index in [1.54, 1.807) is 30.3 Å². The number of nitrogens with one attached hydrogen (secondary N) is 1. The first kappa shape index (κ1) is 23.0. The number of hydrogen-bond acceptors (Lipinski definition) is 3. The number of carbonyl (C=O) groups is 1. The second kappa shape index (κ2) is 8.30. The molecule has 2 aliphatic rings. The fourth-order valence-corrected chi connectivity index (χ4v) is 5.18. The minimum atomic E-state index is -1.23. The Labute approximate surface area is 206 Å². The molecule has 2 aromatic carbocycles. The highest BCUT2D eigenvalue weighted by atomic mass is 35.5. The third-order valence-corrected chi connectivity index (χ3v) is 8.07. The van der Waals surface area contributed by atoms with Crippen molar-refractivity contribution in [1.82, 2.24) is 4.90 Å². The first-order chi connectivity index (χ1) is 14.6. The van der Waals surface area contributed by atoms with Crippen LogP contribution >= 0.6 is 58.0 Å². The van der Waals surface area contributed by atoms with E-state index in [0.717, 1.165) is 24.0 Å². The van der Waals surface area contributed by atoms with Crippen molar-refractivity contribution < 1.29 is 4.79 Å². The van der Waals surface area contributed by atoms with Crippen LogP contribution in [-0.2, 0) is 11.3 Å². The molecule has 4 rings (SSSR count). The molecule has 2 saturated carbocycles. The largest absolute Gasteiger partial charge is 0.326 e. The lowest BCUT2D eigenvalue weighted by molar-refractivity contribution is -0.117. The van der Waals surface area contributed by atoms with Crippen LogP contribution in [0.2, 0.25) is 15.1 Å². The first-order valence-electron chi connectivity index (χ1n) is 9.63. The predicted octanol–water partition coefficient (Wildman–Crippen LogP) is 6.66. The average Bonchev–Trinajstić information content (AvgIpc) is 3.61. The topological polar surface area (TPSA) is 56.1 Å². The van der Waals surface area contributed by atoms with Crippen molar-refractivity contribution >= 4 is 69.6 Å². The Morgan fingerprint density at radius 3 is 2.42 bits per heavy atom. The number of rotatable bonds is 6. The molecule has 162 valence electrons. The number of amides is 1. The number of benzene rings is 2. The Hall–Kier alpha value is -1.19. The molecule has 2 aromatic rings. The summed E-state index contributed by atoms with van der Waals surface area (Å²) in [7, 11) is 1.90. The molecule has 1 amide bonds. The normalized spacial score (nSPS) is 22.6. The van der Waals surface area contributed by atoms with Crippen molar-refractivity contribution in [1.29, 1.82) is 5.26 Å². The van der Waals surface area contributed by atoms with Crippen LogP contribution in [0.4, 0.5) is 5.69 Å². The maximum absolute atomic E-state index is 12.9. The number of alkyl halides is 2. The summed E-state index contributed by atoms with van der Waals surface area (Å²) in [6.45, 7) is 0.500. The van der Waals surface area contributed by atoms with Crippen molar-refractivity contribution in [2.75, 3.05) is 12.4 Å².